The zero-order valence-electron chi connectivity index (χ0n) is 26.4. The van der Waals surface area contributed by atoms with Gasteiger partial charge >= 0.3 is 29.5 Å². The van der Waals surface area contributed by atoms with E-state index in [-0.39, 0.29) is 45.7 Å². The largest absolute Gasteiger partial charge is 0.478 e. The summed E-state index contributed by atoms with van der Waals surface area (Å²) in [6, 6.07) is 1.96. The van der Waals surface area contributed by atoms with Crippen molar-refractivity contribution < 1.29 is 48.3 Å². The summed E-state index contributed by atoms with van der Waals surface area (Å²) >= 11 is 8.25. The number of aryl methyl sites for hydroxylation is 1. The number of fused-ring (bicyclic) bond motifs is 2. The SMILES string of the molecule is CC(=O)OC[C@@H](N)CCn1c(N)nc2c1ccc[n+]2CC1=C(C(=O)O)N2C(=O)[C@@H](NC(=O)C(=NO[C@@H](C)C(=O)O)c3nc(N)sc3Cl)C2SC1. The lowest BCUT2D eigenvalue weighted by molar-refractivity contribution is -0.664. The Kier molecular flexibility index (Phi) is 10.8. The van der Waals surface area contributed by atoms with E-state index in [4.69, 9.17) is 43.5 Å². The van der Waals surface area contributed by atoms with Crippen molar-refractivity contribution in [2.45, 2.75) is 56.9 Å². The standard InChI is InChI=1S/C28H31ClN10O9S2/c1-11(25(43)44)48-36-17(16-20(29)50-28(32)34-16)22(41)33-18-23(42)39-19(26(45)46)13(10-49-24(18)39)8-37-6-3-4-15-21(37)35-27(31)38(15)7-5-14(30)9-47-12(2)40/h3-4,6,11,14,18,24,31H,5,7-10,30H2,1-2H3,(H5,32,33,34,41,43,44,45,46)/p+1/t11-,14-,18+,24?/m0/s1. The number of halogens is 1. The third-order valence-corrected chi connectivity index (χ3v) is 10.0. The van der Waals surface area contributed by atoms with E-state index in [1.165, 1.54) is 25.6 Å². The number of hydrogen-bond acceptors (Lipinski definition) is 15. The molecule has 5 rings (SSSR count). The number of β-lactam (4-membered cyclic amide) rings is 1. The molecule has 3 aromatic rings. The summed E-state index contributed by atoms with van der Waals surface area (Å²) < 4.78 is 8.41. The summed E-state index contributed by atoms with van der Waals surface area (Å²) in [5, 5.41) is 24.8. The molecule has 2 aliphatic heterocycles. The highest BCUT2D eigenvalue weighted by atomic mass is 35.5. The Hall–Kier alpha value is -4.99. The van der Waals surface area contributed by atoms with Crippen LogP contribution in [0, 0.1) is 0 Å². The van der Waals surface area contributed by atoms with Crippen molar-refractivity contribution >= 4 is 92.4 Å². The zero-order valence-corrected chi connectivity index (χ0v) is 28.8. The second-order valence-electron chi connectivity index (χ2n) is 11.1. The molecule has 50 heavy (non-hydrogen) atoms. The molecule has 1 unspecified atom stereocenters. The number of rotatable bonds is 14. The molecule has 0 radical (unpaired) electrons. The second-order valence-corrected chi connectivity index (χ2v) is 13.9. The fraction of sp³-hybridized carbons (Fsp3) is 0.393. The Morgan fingerprint density at radius 2 is 2.00 bits per heavy atom. The molecule has 3 aromatic heterocycles. The van der Waals surface area contributed by atoms with E-state index in [1.807, 2.05) is 0 Å². The van der Waals surface area contributed by atoms with Gasteiger partial charge in [0.25, 0.3) is 11.8 Å². The van der Waals surface area contributed by atoms with Crippen LogP contribution in [0.4, 0.5) is 11.1 Å². The van der Waals surface area contributed by atoms with E-state index in [2.05, 4.69) is 20.4 Å². The van der Waals surface area contributed by atoms with Crippen molar-refractivity contribution in [3.05, 3.63) is 39.6 Å². The first-order valence-corrected chi connectivity index (χ1v) is 17.0. The lowest BCUT2D eigenvalue weighted by atomic mass is 10.0. The predicted octanol–water partition coefficient (Wildman–Crippen LogP) is -0.489. The average molecular weight is 752 g/mol. The van der Waals surface area contributed by atoms with E-state index in [1.54, 1.807) is 27.5 Å². The van der Waals surface area contributed by atoms with Crippen molar-refractivity contribution in [2.75, 3.05) is 23.8 Å². The Morgan fingerprint density at radius 3 is 2.64 bits per heavy atom. The van der Waals surface area contributed by atoms with Gasteiger partial charge in [0, 0.05) is 30.8 Å². The van der Waals surface area contributed by atoms with Crippen molar-refractivity contribution in [3.63, 3.8) is 0 Å². The van der Waals surface area contributed by atoms with Gasteiger partial charge in [0.05, 0.1) is 6.20 Å². The maximum Gasteiger partial charge on any atom is 0.352 e. The summed E-state index contributed by atoms with van der Waals surface area (Å²) in [6.07, 6.45) is 0.709. The quantitative estimate of drug-likeness (QED) is 0.0398. The topological polar surface area (TPSA) is 285 Å². The van der Waals surface area contributed by atoms with E-state index < -0.39 is 59.0 Å². The van der Waals surface area contributed by atoms with Crippen molar-refractivity contribution in [2.24, 2.45) is 10.9 Å². The molecule has 19 nitrogen and oxygen atoms in total. The number of thiazole rings is 1. The summed E-state index contributed by atoms with van der Waals surface area (Å²) in [5.74, 6) is -4.41. The molecular formula is C28H32ClN10O9S2+. The van der Waals surface area contributed by atoms with Crippen LogP contribution in [0.15, 0.2) is 34.8 Å². The number of esters is 1. The molecule has 0 bridgehead atoms. The van der Waals surface area contributed by atoms with Crippen LogP contribution in [0.1, 0.15) is 26.0 Å². The van der Waals surface area contributed by atoms with E-state index in [9.17, 15) is 29.1 Å². The average Bonchev–Trinajstić information content (AvgIpc) is 3.57. The molecule has 2 amide bonds. The van der Waals surface area contributed by atoms with Crippen LogP contribution in [0.25, 0.3) is 11.2 Å². The highest BCUT2D eigenvalue weighted by molar-refractivity contribution is 8.00. The monoisotopic (exact) mass is 751 g/mol. The van der Waals surface area contributed by atoms with Gasteiger partial charge in [0.1, 0.15) is 45.8 Å². The van der Waals surface area contributed by atoms with Crippen LogP contribution < -0.4 is 27.1 Å². The first kappa shape index (κ1) is 36.3. The number of nitrogens with one attached hydrogen (secondary N) is 1. The minimum absolute atomic E-state index is 0.00209. The number of hydrogen-bond donors (Lipinski definition) is 6. The van der Waals surface area contributed by atoms with Crippen molar-refractivity contribution in [3.8, 4) is 0 Å². The molecule has 0 saturated carbocycles. The minimum atomic E-state index is -1.44. The number of carboxylic acids is 2. The molecule has 0 aliphatic carbocycles. The Morgan fingerprint density at radius 1 is 1.26 bits per heavy atom. The number of amides is 2. The first-order chi connectivity index (χ1) is 23.7. The van der Waals surface area contributed by atoms with Gasteiger partial charge in [-0.3, -0.25) is 23.9 Å². The Labute approximate surface area is 296 Å². The fourth-order valence-electron chi connectivity index (χ4n) is 5.17. The van der Waals surface area contributed by atoms with E-state index in [0.29, 0.717) is 29.7 Å². The number of ether oxygens (including phenoxy) is 1. The van der Waals surface area contributed by atoms with Gasteiger partial charge in [-0.1, -0.05) is 28.1 Å². The number of carbonyl (C=O) groups excluding carboxylic acids is 3. The number of imidazole rings is 1. The number of thioether (sulfide) groups is 1. The number of nitrogen functional groups attached to an aromatic ring is 2. The van der Waals surface area contributed by atoms with Crippen LogP contribution in [-0.4, -0.2) is 101 Å². The maximum atomic E-state index is 13.4. The number of carboxylic acid groups (broad SMARTS) is 2. The normalized spacial score (nSPS) is 18.7. The fourth-order valence-corrected chi connectivity index (χ4v) is 7.44. The summed E-state index contributed by atoms with van der Waals surface area (Å²) in [4.78, 5) is 76.2. The molecule has 5 heterocycles. The predicted molar refractivity (Wildman–Crippen MR) is 180 cm³/mol. The number of pyridine rings is 1. The molecule has 22 heteroatoms. The van der Waals surface area contributed by atoms with Crippen LogP contribution >= 0.6 is 34.7 Å². The smallest absolute Gasteiger partial charge is 0.352 e. The van der Waals surface area contributed by atoms with E-state index >= 15 is 0 Å². The Balaban J connectivity index is 1.35. The number of nitrogens with zero attached hydrogens (tertiary/aromatic N) is 6. The molecule has 4 atom stereocenters. The number of anilines is 2. The van der Waals surface area contributed by atoms with Crippen molar-refractivity contribution in [1.29, 1.82) is 0 Å². The molecular weight excluding hydrogens is 720 g/mol. The molecule has 266 valence electrons. The first-order valence-electron chi connectivity index (χ1n) is 14.8. The number of oxime groups is 1. The summed E-state index contributed by atoms with van der Waals surface area (Å²) in [6.45, 7) is 2.97. The third kappa shape index (κ3) is 7.44. The van der Waals surface area contributed by atoms with Gasteiger partial charge in [0.15, 0.2) is 10.8 Å². The number of carbonyl (C=O) groups is 5. The van der Waals surface area contributed by atoms with Gasteiger partial charge in [-0.05, 0) is 30.5 Å². The number of aromatic nitrogens is 4. The van der Waals surface area contributed by atoms with Gasteiger partial charge in [-0.15, -0.1) is 11.8 Å². The molecule has 0 aromatic carbocycles. The molecule has 9 N–H and O–H groups in total. The summed E-state index contributed by atoms with van der Waals surface area (Å²) in [5.41, 5.74) is 18.6. The van der Waals surface area contributed by atoms with Crippen LogP contribution in [0.2, 0.25) is 4.34 Å². The maximum absolute atomic E-state index is 13.4. The minimum Gasteiger partial charge on any atom is -0.478 e. The van der Waals surface area contributed by atoms with Gasteiger partial charge in [-0.25, -0.2) is 19.1 Å². The van der Waals surface area contributed by atoms with Gasteiger partial charge in [0.2, 0.25) is 6.10 Å². The molecule has 0 spiro atoms. The zero-order chi connectivity index (χ0) is 36.4. The Bertz CT molecular complexity index is 1950. The van der Waals surface area contributed by atoms with Crippen molar-refractivity contribution in [1.82, 2.24) is 24.8 Å². The highest BCUT2D eigenvalue weighted by Crippen LogP contribution is 2.40. The van der Waals surface area contributed by atoms with E-state index in [0.717, 1.165) is 16.2 Å². The number of aliphatic carboxylic acids is 2. The summed E-state index contributed by atoms with van der Waals surface area (Å²) in [7, 11) is 0. The molecule has 2 aliphatic rings. The van der Waals surface area contributed by atoms with Gasteiger partial charge < -0.3 is 42.3 Å². The molecule has 1 fully saturated rings. The second kappa shape index (κ2) is 14.9. The molecule has 1 saturated heterocycles. The lowest BCUT2D eigenvalue weighted by Gasteiger charge is -2.49. The number of nitrogens with two attached hydrogens (primary N) is 3. The third-order valence-electron chi connectivity index (χ3n) is 7.62. The highest BCUT2D eigenvalue weighted by Gasteiger charge is 2.54. The lowest BCUT2D eigenvalue weighted by Crippen LogP contribution is -2.71. The van der Waals surface area contributed by atoms with Crippen LogP contribution in [0.5, 0.6) is 0 Å². The van der Waals surface area contributed by atoms with Crippen LogP contribution in [0.3, 0.4) is 0 Å². The van der Waals surface area contributed by atoms with Gasteiger partial charge in [-0.2, -0.15) is 0 Å². The van der Waals surface area contributed by atoms with Crippen LogP contribution in [-0.2, 0) is 46.6 Å².